The Hall–Kier alpha value is -2.69. The molecule has 1 unspecified atom stereocenters. The van der Waals surface area contributed by atoms with Crippen molar-refractivity contribution in [1.82, 2.24) is 14.5 Å². The molecule has 0 spiro atoms. The van der Waals surface area contributed by atoms with Crippen LogP contribution in [-0.4, -0.2) is 29.8 Å². The van der Waals surface area contributed by atoms with Gasteiger partial charge in [-0.2, -0.15) is 18.3 Å². The van der Waals surface area contributed by atoms with Crippen molar-refractivity contribution in [3.63, 3.8) is 0 Å². The van der Waals surface area contributed by atoms with Crippen LogP contribution in [0.1, 0.15) is 17.2 Å². The zero-order valence-corrected chi connectivity index (χ0v) is 15.2. The van der Waals surface area contributed by atoms with E-state index in [1.807, 2.05) is 0 Å². The van der Waals surface area contributed by atoms with Gasteiger partial charge in [-0.3, -0.25) is 0 Å². The zero-order valence-electron chi connectivity index (χ0n) is 14.3. The van der Waals surface area contributed by atoms with Gasteiger partial charge in [0.25, 0.3) is 0 Å². The van der Waals surface area contributed by atoms with Crippen molar-refractivity contribution in [2.45, 2.75) is 17.2 Å². The summed E-state index contributed by atoms with van der Waals surface area (Å²) >= 11 is 0. The van der Waals surface area contributed by atoms with E-state index in [9.17, 15) is 26.7 Å². The van der Waals surface area contributed by atoms with Gasteiger partial charge < -0.3 is 5.11 Å². The van der Waals surface area contributed by atoms with E-state index < -0.39 is 32.8 Å². The van der Waals surface area contributed by atoms with Gasteiger partial charge in [-0.05, 0) is 42.0 Å². The lowest BCUT2D eigenvalue weighted by molar-refractivity contribution is -0.137. The largest absolute Gasteiger partial charge is 0.416 e. The first-order chi connectivity index (χ1) is 13.2. The molecule has 10 heteroatoms. The van der Waals surface area contributed by atoms with Gasteiger partial charge in [0.1, 0.15) is 0 Å². The van der Waals surface area contributed by atoms with E-state index in [1.165, 1.54) is 0 Å². The molecule has 2 aromatic carbocycles. The summed E-state index contributed by atoms with van der Waals surface area (Å²) in [5.74, 6) is 0. The second kappa shape index (κ2) is 7.74. The Bertz CT molecular complexity index is 1030. The van der Waals surface area contributed by atoms with Crippen LogP contribution in [0.2, 0.25) is 0 Å². The van der Waals surface area contributed by atoms with E-state index in [-0.39, 0.29) is 6.54 Å². The van der Waals surface area contributed by atoms with E-state index in [0.29, 0.717) is 11.6 Å². The summed E-state index contributed by atoms with van der Waals surface area (Å²) in [7, 11) is -4.21. The Morgan fingerprint density at radius 1 is 1.11 bits per heavy atom. The van der Waals surface area contributed by atoms with Gasteiger partial charge in [0.05, 0.1) is 22.3 Å². The molecule has 1 heterocycles. The third-order valence-electron chi connectivity index (χ3n) is 3.99. The number of rotatable bonds is 6. The first-order valence-corrected chi connectivity index (χ1v) is 9.60. The van der Waals surface area contributed by atoms with Gasteiger partial charge in [0.2, 0.25) is 10.0 Å². The van der Waals surface area contributed by atoms with E-state index in [2.05, 4.69) is 9.82 Å². The standard InChI is InChI=1S/C18H16F3N3O3S/c19-18(20,21)14-3-1-4-16(11-14)28(26,27)23-12-17(25)13-5-7-15(8-6-13)24-10-2-9-22-24/h1-11,17,23,25H,12H2. The van der Waals surface area contributed by atoms with Crippen molar-refractivity contribution in [1.29, 1.82) is 0 Å². The maximum atomic E-state index is 12.8. The highest BCUT2D eigenvalue weighted by atomic mass is 32.2. The summed E-state index contributed by atoms with van der Waals surface area (Å²) in [6.45, 7) is -0.389. The molecule has 0 aliphatic heterocycles. The molecule has 3 rings (SSSR count). The second-order valence-electron chi connectivity index (χ2n) is 5.94. The van der Waals surface area contributed by atoms with Gasteiger partial charge in [-0.1, -0.05) is 18.2 Å². The number of halogens is 3. The van der Waals surface area contributed by atoms with Gasteiger partial charge in [-0.15, -0.1) is 0 Å². The topological polar surface area (TPSA) is 84.2 Å². The average Bonchev–Trinajstić information content (AvgIpc) is 3.20. The molecule has 1 atom stereocenters. The van der Waals surface area contributed by atoms with E-state index in [4.69, 9.17) is 0 Å². The number of nitrogens with zero attached hydrogens (tertiary/aromatic N) is 2. The predicted octanol–water partition coefficient (Wildman–Crippen LogP) is 2.90. The normalized spacial score (nSPS) is 13.4. The molecule has 0 radical (unpaired) electrons. The summed E-state index contributed by atoms with van der Waals surface area (Å²) < 4.78 is 66.6. The van der Waals surface area contributed by atoms with Crippen molar-refractivity contribution in [3.05, 3.63) is 78.1 Å². The Kier molecular flexibility index (Phi) is 5.54. The average molecular weight is 411 g/mol. The molecule has 0 fully saturated rings. The van der Waals surface area contributed by atoms with E-state index in [0.717, 1.165) is 23.9 Å². The van der Waals surface area contributed by atoms with Crippen LogP contribution in [-0.2, 0) is 16.2 Å². The van der Waals surface area contributed by atoms with Crippen molar-refractivity contribution in [3.8, 4) is 5.69 Å². The third-order valence-corrected chi connectivity index (χ3v) is 5.41. The van der Waals surface area contributed by atoms with Crippen LogP contribution in [0.4, 0.5) is 13.2 Å². The molecule has 0 saturated carbocycles. The Morgan fingerprint density at radius 3 is 2.43 bits per heavy atom. The molecular formula is C18H16F3N3O3S. The summed E-state index contributed by atoms with van der Waals surface area (Å²) in [4.78, 5) is -0.524. The van der Waals surface area contributed by atoms with Crippen LogP contribution in [0.3, 0.4) is 0 Å². The number of nitrogens with one attached hydrogen (secondary N) is 1. The molecule has 0 bridgehead atoms. The molecule has 28 heavy (non-hydrogen) atoms. The highest BCUT2D eigenvalue weighted by molar-refractivity contribution is 7.89. The molecular weight excluding hydrogens is 395 g/mol. The molecule has 148 valence electrons. The molecule has 0 aliphatic carbocycles. The lowest BCUT2D eigenvalue weighted by Gasteiger charge is -2.14. The monoisotopic (exact) mass is 411 g/mol. The van der Waals surface area contributed by atoms with Crippen molar-refractivity contribution >= 4 is 10.0 Å². The Labute approximate surface area is 159 Å². The Balaban J connectivity index is 1.69. The number of benzene rings is 2. The van der Waals surface area contributed by atoms with Crippen LogP contribution >= 0.6 is 0 Å². The molecule has 1 aromatic heterocycles. The molecule has 3 aromatic rings. The summed E-state index contributed by atoms with van der Waals surface area (Å²) in [5.41, 5.74) is 0.137. The van der Waals surface area contributed by atoms with Gasteiger partial charge in [0.15, 0.2) is 0 Å². The van der Waals surface area contributed by atoms with Crippen molar-refractivity contribution in [2.75, 3.05) is 6.54 Å². The van der Waals surface area contributed by atoms with Crippen LogP contribution in [0.25, 0.3) is 5.69 Å². The van der Waals surface area contributed by atoms with Crippen LogP contribution in [0.5, 0.6) is 0 Å². The number of aliphatic hydroxyl groups excluding tert-OH is 1. The fourth-order valence-corrected chi connectivity index (χ4v) is 3.58. The summed E-state index contributed by atoms with van der Waals surface area (Å²) in [5, 5.41) is 14.3. The number of aliphatic hydroxyl groups is 1. The van der Waals surface area contributed by atoms with E-state index >= 15 is 0 Å². The zero-order chi connectivity index (χ0) is 20.4. The predicted molar refractivity (Wildman–Crippen MR) is 95.2 cm³/mol. The fourth-order valence-electron chi connectivity index (χ4n) is 2.50. The summed E-state index contributed by atoms with van der Waals surface area (Å²) in [6.07, 6.45) is -2.46. The number of aromatic nitrogens is 2. The minimum atomic E-state index is -4.65. The molecule has 2 N–H and O–H groups in total. The minimum absolute atomic E-state index is 0.389. The molecule has 6 nitrogen and oxygen atoms in total. The van der Waals surface area contributed by atoms with Crippen molar-refractivity contribution < 1.29 is 26.7 Å². The molecule has 0 aliphatic rings. The molecule has 0 saturated heterocycles. The third kappa shape index (κ3) is 4.58. The summed E-state index contributed by atoms with van der Waals surface area (Å²) in [6, 6.07) is 11.8. The smallest absolute Gasteiger partial charge is 0.387 e. The van der Waals surface area contributed by atoms with E-state index in [1.54, 1.807) is 47.4 Å². The van der Waals surface area contributed by atoms with Crippen LogP contribution in [0, 0.1) is 0 Å². The first kappa shape index (κ1) is 20.1. The van der Waals surface area contributed by atoms with Gasteiger partial charge in [0, 0.05) is 18.9 Å². The van der Waals surface area contributed by atoms with Crippen molar-refractivity contribution in [2.24, 2.45) is 0 Å². The van der Waals surface area contributed by atoms with Gasteiger partial charge >= 0.3 is 6.18 Å². The second-order valence-corrected chi connectivity index (χ2v) is 7.70. The SMILES string of the molecule is O=S(=O)(NCC(O)c1ccc(-n2cccn2)cc1)c1cccc(C(F)(F)F)c1. The highest BCUT2D eigenvalue weighted by Crippen LogP contribution is 2.30. The maximum absolute atomic E-state index is 12.8. The Morgan fingerprint density at radius 2 is 1.82 bits per heavy atom. The quantitative estimate of drug-likeness (QED) is 0.653. The lowest BCUT2D eigenvalue weighted by Crippen LogP contribution is -2.28. The minimum Gasteiger partial charge on any atom is -0.387 e. The van der Waals surface area contributed by atoms with Crippen LogP contribution < -0.4 is 4.72 Å². The van der Waals surface area contributed by atoms with Crippen LogP contribution in [0.15, 0.2) is 71.9 Å². The first-order valence-electron chi connectivity index (χ1n) is 8.12. The number of sulfonamides is 1. The highest BCUT2D eigenvalue weighted by Gasteiger charge is 2.31. The number of hydrogen-bond donors (Lipinski definition) is 2. The lowest BCUT2D eigenvalue weighted by atomic mass is 10.1. The van der Waals surface area contributed by atoms with Gasteiger partial charge in [-0.25, -0.2) is 17.8 Å². The fraction of sp³-hybridized carbons (Fsp3) is 0.167. The number of hydrogen-bond acceptors (Lipinski definition) is 4. The number of alkyl halides is 3. The molecule has 0 amide bonds. The maximum Gasteiger partial charge on any atom is 0.416 e.